The van der Waals surface area contributed by atoms with Crippen LogP contribution in [0.3, 0.4) is 0 Å². The number of carbonyl (C=O) groups excluding carboxylic acids is 1. The maximum absolute atomic E-state index is 13.3. The predicted molar refractivity (Wildman–Crippen MR) is 96.6 cm³/mol. The zero-order chi connectivity index (χ0) is 19.2. The Morgan fingerprint density at radius 2 is 2.00 bits per heavy atom. The highest BCUT2D eigenvalue weighted by atomic mass is 19.1. The van der Waals surface area contributed by atoms with Gasteiger partial charge in [-0.15, -0.1) is 0 Å². The first-order valence-electron chi connectivity index (χ1n) is 7.93. The molecular weight excluding hydrogens is 353 g/mol. The fourth-order valence-electron chi connectivity index (χ4n) is 2.44. The molecule has 0 unspecified atom stereocenters. The summed E-state index contributed by atoms with van der Waals surface area (Å²) in [6.07, 6.45) is 1.11. The van der Waals surface area contributed by atoms with E-state index in [4.69, 9.17) is 4.42 Å². The van der Waals surface area contributed by atoms with Gasteiger partial charge >= 0.3 is 0 Å². The number of hydrazone groups is 1. The number of nitrogens with zero attached hydrogens (tertiary/aromatic N) is 2. The number of amides is 1. The Kier molecular flexibility index (Phi) is 5.36. The standard InChI is InChI=1S/C19H14FN3O4/c20-15-6-3-5-14(10-15)18-9-8-16(27-18)12-21-22-19(24)11-13-4-1-2-7-17(13)23(25)26/h1-10,12H,11H2,(H,22,24)/b21-12+. The van der Waals surface area contributed by atoms with Crippen molar-refractivity contribution < 1.29 is 18.5 Å². The Morgan fingerprint density at radius 1 is 1.19 bits per heavy atom. The van der Waals surface area contributed by atoms with Crippen LogP contribution in [0.1, 0.15) is 11.3 Å². The van der Waals surface area contributed by atoms with Crippen molar-refractivity contribution in [3.8, 4) is 11.3 Å². The second-order valence-electron chi connectivity index (χ2n) is 5.57. The van der Waals surface area contributed by atoms with Gasteiger partial charge in [-0.05, 0) is 24.3 Å². The van der Waals surface area contributed by atoms with Gasteiger partial charge in [0.15, 0.2) is 0 Å². The molecule has 0 bridgehead atoms. The fourth-order valence-corrected chi connectivity index (χ4v) is 2.44. The zero-order valence-corrected chi connectivity index (χ0v) is 14.0. The van der Waals surface area contributed by atoms with Crippen molar-refractivity contribution in [1.29, 1.82) is 0 Å². The number of nitro groups is 1. The molecule has 0 saturated heterocycles. The van der Waals surface area contributed by atoms with Crippen LogP contribution in [0.2, 0.25) is 0 Å². The van der Waals surface area contributed by atoms with E-state index in [0.717, 1.165) is 0 Å². The summed E-state index contributed by atoms with van der Waals surface area (Å²) in [5, 5.41) is 14.7. The molecule has 0 spiro atoms. The Balaban J connectivity index is 1.61. The van der Waals surface area contributed by atoms with Crippen LogP contribution in [0, 0.1) is 15.9 Å². The minimum Gasteiger partial charge on any atom is -0.455 e. The smallest absolute Gasteiger partial charge is 0.273 e. The Bertz CT molecular complexity index is 1010. The molecule has 0 fully saturated rings. The minimum absolute atomic E-state index is 0.123. The molecule has 1 amide bonds. The lowest BCUT2D eigenvalue weighted by Crippen LogP contribution is -2.20. The molecular formula is C19H14FN3O4. The lowest BCUT2D eigenvalue weighted by Gasteiger charge is -2.01. The topological polar surface area (TPSA) is 97.7 Å². The highest BCUT2D eigenvalue weighted by Crippen LogP contribution is 2.22. The molecule has 0 aliphatic rings. The molecule has 2 aromatic carbocycles. The molecule has 0 saturated carbocycles. The molecule has 0 aliphatic heterocycles. The third-order valence-electron chi connectivity index (χ3n) is 3.66. The number of hydrogen-bond acceptors (Lipinski definition) is 5. The molecule has 0 radical (unpaired) electrons. The number of nitrogens with one attached hydrogen (secondary N) is 1. The number of para-hydroxylation sites is 1. The zero-order valence-electron chi connectivity index (χ0n) is 14.0. The number of benzene rings is 2. The molecule has 136 valence electrons. The summed E-state index contributed by atoms with van der Waals surface area (Å²) in [6, 6.07) is 15.2. The van der Waals surface area contributed by atoms with Crippen LogP contribution in [0.25, 0.3) is 11.3 Å². The monoisotopic (exact) mass is 367 g/mol. The maximum Gasteiger partial charge on any atom is 0.273 e. The molecule has 7 nitrogen and oxygen atoms in total. The van der Waals surface area contributed by atoms with Crippen LogP contribution in [0.4, 0.5) is 10.1 Å². The van der Waals surface area contributed by atoms with E-state index in [2.05, 4.69) is 10.5 Å². The molecule has 0 aliphatic carbocycles. The van der Waals surface area contributed by atoms with Gasteiger partial charge in [0.05, 0.1) is 17.6 Å². The molecule has 3 aromatic rings. The van der Waals surface area contributed by atoms with E-state index in [9.17, 15) is 19.3 Å². The Hall–Kier alpha value is -3.81. The molecule has 8 heteroatoms. The molecule has 1 aromatic heterocycles. The van der Waals surface area contributed by atoms with Crippen molar-refractivity contribution in [1.82, 2.24) is 5.43 Å². The van der Waals surface area contributed by atoms with Gasteiger partial charge in [-0.3, -0.25) is 14.9 Å². The average molecular weight is 367 g/mol. The van der Waals surface area contributed by atoms with Gasteiger partial charge in [0.25, 0.3) is 5.69 Å². The third-order valence-corrected chi connectivity index (χ3v) is 3.66. The predicted octanol–water partition coefficient (Wildman–Crippen LogP) is 3.69. The number of furan rings is 1. The normalized spacial score (nSPS) is 10.9. The van der Waals surface area contributed by atoms with Gasteiger partial charge in [0, 0.05) is 17.2 Å². The van der Waals surface area contributed by atoms with Crippen LogP contribution >= 0.6 is 0 Å². The number of rotatable bonds is 6. The van der Waals surface area contributed by atoms with Crippen LogP contribution in [0.15, 0.2) is 70.2 Å². The van der Waals surface area contributed by atoms with Crippen molar-refractivity contribution in [3.63, 3.8) is 0 Å². The number of hydrogen-bond donors (Lipinski definition) is 1. The molecule has 1 heterocycles. The first-order chi connectivity index (χ1) is 13.0. The summed E-state index contributed by atoms with van der Waals surface area (Å²) in [5.74, 6) is -0.0544. The lowest BCUT2D eigenvalue weighted by molar-refractivity contribution is -0.385. The van der Waals surface area contributed by atoms with Crippen LogP contribution in [0.5, 0.6) is 0 Å². The van der Waals surface area contributed by atoms with Gasteiger partial charge in [-0.1, -0.05) is 30.3 Å². The lowest BCUT2D eigenvalue weighted by atomic mass is 10.1. The van der Waals surface area contributed by atoms with Gasteiger partial charge in [0.2, 0.25) is 5.91 Å². The van der Waals surface area contributed by atoms with E-state index in [1.54, 1.807) is 30.3 Å². The van der Waals surface area contributed by atoms with Gasteiger partial charge in [0.1, 0.15) is 17.3 Å². The highest BCUT2D eigenvalue weighted by Gasteiger charge is 2.15. The summed E-state index contributed by atoms with van der Waals surface area (Å²) >= 11 is 0. The van der Waals surface area contributed by atoms with E-state index in [-0.39, 0.29) is 17.9 Å². The second kappa shape index (κ2) is 8.05. The summed E-state index contributed by atoms with van der Waals surface area (Å²) < 4.78 is 18.8. The van der Waals surface area contributed by atoms with Gasteiger partial charge < -0.3 is 4.42 Å². The van der Waals surface area contributed by atoms with E-state index < -0.39 is 10.8 Å². The van der Waals surface area contributed by atoms with Gasteiger partial charge in [-0.2, -0.15) is 5.10 Å². The summed E-state index contributed by atoms with van der Waals surface area (Å²) in [5.41, 5.74) is 3.04. The summed E-state index contributed by atoms with van der Waals surface area (Å²) in [4.78, 5) is 22.3. The first kappa shape index (κ1) is 18.0. The highest BCUT2D eigenvalue weighted by molar-refractivity contribution is 5.82. The van der Waals surface area contributed by atoms with Crippen molar-refractivity contribution in [3.05, 3.63) is 87.9 Å². The van der Waals surface area contributed by atoms with E-state index in [1.165, 1.54) is 36.5 Å². The van der Waals surface area contributed by atoms with E-state index in [1.807, 2.05) is 0 Å². The Morgan fingerprint density at radius 3 is 2.78 bits per heavy atom. The quantitative estimate of drug-likeness (QED) is 0.408. The number of carbonyl (C=O) groups is 1. The van der Waals surface area contributed by atoms with E-state index in [0.29, 0.717) is 22.6 Å². The largest absolute Gasteiger partial charge is 0.455 e. The van der Waals surface area contributed by atoms with Crippen molar-refractivity contribution in [2.45, 2.75) is 6.42 Å². The second-order valence-corrected chi connectivity index (χ2v) is 5.57. The Labute approximate surface area is 153 Å². The van der Waals surface area contributed by atoms with Crippen LogP contribution in [-0.2, 0) is 11.2 Å². The first-order valence-corrected chi connectivity index (χ1v) is 7.93. The number of nitro benzene ring substituents is 1. The van der Waals surface area contributed by atoms with Gasteiger partial charge in [-0.25, -0.2) is 9.82 Å². The van der Waals surface area contributed by atoms with Crippen molar-refractivity contribution in [2.24, 2.45) is 5.10 Å². The van der Waals surface area contributed by atoms with Crippen LogP contribution in [-0.4, -0.2) is 17.0 Å². The van der Waals surface area contributed by atoms with Crippen molar-refractivity contribution >= 4 is 17.8 Å². The summed E-state index contributed by atoms with van der Waals surface area (Å²) in [6.45, 7) is 0. The SMILES string of the molecule is O=C(Cc1ccccc1[N+](=O)[O-])N/N=C/c1ccc(-c2cccc(F)c2)o1. The molecule has 3 rings (SSSR count). The number of halogens is 1. The third kappa shape index (κ3) is 4.63. The molecule has 27 heavy (non-hydrogen) atoms. The fraction of sp³-hybridized carbons (Fsp3) is 0.0526. The van der Waals surface area contributed by atoms with E-state index >= 15 is 0 Å². The molecule has 0 atom stereocenters. The van der Waals surface area contributed by atoms with Crippen LogP contribution < -0.4 is 5.43 Å². The minimum atomic E-state index is -0.539. The average Bonchev–Trinajstić information content (AvgIpc) is 3.11. The summed E-state index contributed by atoms with van der Waals surface area (Å²) in [7, 11) is 0. The maximum atomic E-state index is 13.3. The van der Waals surface area contributed by atoms with Crippen molar-refractivity contribution in [2.75, 3.05) is 0 Å². The molecule has 1 N–H and O–H groups in total.